The maximum atomic E-state index is 10.2. The minimum atomic E-state index is -0.879. The fourth-order valence-corrected chi connectivity index (χ4v) is 1.67. The first-order valence-corrected chi connectivity index (χ1v) is 5.99. The Morgan fingerprint density at radius 3 is 2.20 bits per heavy atom. The number of fused-ring (bicyclic) bond motifs is 1. The Labute approximate surface area is 116 Å². The number of nitrogens with zero attached hydrogens (tertiary/aromatic N) is 1. The van der Waals surface area contributed by atoms with Crippen LogP contribution in [0.25, 0.3) is 10.9 Å². The molecule has 1 heterocycles. The van der Waals surface area contributed by atoms with Crippen LogP contribution in [-0.4, -0.2) is 21.2 Å². The van der Waals surface area contributed by atoms with E-state index in [1.54, 1.807) is 48.7 Å². The Bertz CT molecular complexity index is 706. The summed E-state index contributed by atoms with van der Waals surface area (Å²) in [4.78, 5) is 14.2. The van der Waals surface area contributed by atoms with E-state index >= 15 is 0 Å². The molecule has 1 aromatic heterocycles. The lowest BCUT2D eigenvalue weighted by Crippen LogP contribution is -1.93. The number of hydrogen-bond donors (Lipinski definition) is 2. The fraction of sp³-hybridized carbons (Fsp3) is 0. The van der Waals surface area contributed by atoms with Crippen LogP contribution in [0.1, 0.15) is 10.4 Å². The zero-order valence-electron chi connectivity index (χ0n) is 10.6. The van der Waals surface area contributed by atoms with Crippen LogP contribution in [0.15, 0.2) is 66.9 Å². The number of para-hydroxylation sites is 1. The molecule has 0 aliphatic carbocycles. The summed E-state index contributed by atoms with van der Waals surface area (Å²) in [6.07, 6.45) is 1.67. The number of carbonyl (C=O) groups is 1. The van der Waals surface area contributed by atoms with Gasteiger partial charge in [-0.25, -0.2) is 4.79 Å². The number of pyridine rings is 1. The van der Waals surface area contributed by atoms with Gasteiger partial charge in [-0.1, -0.05) is 36.4 Å². The van der Waals surface area contributed by atoms with Gasteiger partial charge in [0.05, 0.1) is 5.56 Å². The van der Waals surface area contributed by atoms with Crippen molar-refractivity contribution in [2.75, 3.05) is 0 Å². The third-order valence-corrected chi connectivity index (χ3v) is 2.63. The Balaban J connectivity index is 0.000000151. The van der Waals surface area contributed by atoms with Gasteiger partial charge in [0.25, 0.3) is 0 Å². The summed E-state index contributed by atoms with van der Waals surface area (Å²) >= 11 is 0. The van der Waals surface area contributed by atoms with Gasteiger partial charge in [-0.3, -0.25) is 4.98 Å². The molecule has 0 aliphatic heterocycles. The van der Waals surface area contributed by atoms with Crippen molar-refractivity contribution >= 4 is 16.9 Å². The molecule has 2 N–H and O–H groups in total. The topological polar surface area (TPSA) is 70.4 Å². The van der Waals surface area contributed by atoms with E-state index in [9.17, 15) is 9.90 Å². The van der Waals surface area contributed by atoms with Crippen molar-refractivity contribution in [2.45, 2.75) is 0 Å². The zero-order chi connectivity index (χ0) is 14.4. The van der Waals surface area contributed by atoms with Crippen molar-refractivity contribution in [3.8, 4) is 5.75 Å². The molecule has 4 nitrogen and oxygen atoms in total. The van der Waals surface area contributed by atoms with Crippen LogP contribution in [0.2, 0.25) is 0 Å². The van der Waals surface area contributed by atoms with Crippen LogP contribution >= 0.6 is 0 Å². The molecule has 4 heteroatoms. The first kappa shape index (κ1) is 13.5. The van der Waals surface area contributed by atoms with Crippen molar-refractivity contribution in [2.24, 2.45) is 0 Å². The van der Waals surface area contributed by atoms with E-state index in [0.717, 1.165) is 5.39 Å². The average molecular weight is 267 g/mol. The van der Waals surface area contributed by atoms with Crippen LogP contribution in [-0.2, 0) is 0 Å². The summed E-state index contributed by atoms with van der Waals surface area (Å²) in [6.45, 7) is 0. The molecule has 0 unspecified atom stereocenters. The minimum absolute atomic E-state index is 0.239. The molecule has 100 valence electrons. The SMILES string of the molecule is O=C(O)c1ccccc1.Oc1cccc2cccnc12. The lowest BCUT2D eigenvalue weighted by molar-refractivity contribution is 0.0697. The van der Waals surface area contributed by atoms with Gasteiger partial charge < -0.3 is 10.2 Å². The number of aromatic carboxylic acids is 1. The molecular formula is C16H13NO3. The Morgan fingerprint density at radius 2 is 1.60 bits per heavy atom. The highest BCUT2D eigenvalue weighted by Gasteiger charge is 1.97. The normalized spacial score (nSPS) is 9.60. The van der Waals surface area contributed by atoms with Crippen molar-refractivity contribution < 1.29 is 15.0 Å². The number of phenolic OH excluding ortho intramolecular Hbond substituents is 1. The highest BCUT2D eigenvalue weighted by atomic mass is 16.4. The van der Waals surface area contributed by atoms with Crippen LogP contribution in [0, 0.1) is 0 Å². The predicted octanol–water partition coefficient (Wildman–Crippen LogP) is 3.33. The van der Waals surface area contributed by atoms with Crippen LogP contribution in [0.5, 0.6) is 5.75 Å². The zero-order valence-corrected chi connectivity index (χ0v) is 10.6. The van der Waals surface area contributed by atoms with Gasteiger partial charge in [-0.05, 0) is 24.3 Å². The molecule has 0 amide bonds. The number of benzene rings is 2. The van der Waals surface area contributed by atoms with Gasteiger partial charge in [-0.2, -0.15) is 0 Å². The summed E-state index contributed by atoms with van der Waals surface area (Å²) in [5, 5.41) is 18.7. The van der Waals surface area contributed by atoms with Gasteiger partial charge in [0.2, 0.25) is 0 Å². The maximum absolute atomic E-state index is 10.2. The Morgan fingerprint density at radius 1 is 0.900 bits per heavy atom. The van der Waals surface area contributed by atoms with Gasteiger partial charge in [0.1, 0.15) is 11.3 Å². The number of aromatic nitrogens is 1. The van der Waals surface area contributed by atoms with Crippen molar-refractivity contribution in [3.63, 3.8) is 0 Å². The van der Waals surface area contributed by atoms with Crippen molar-refractivity contribution in [1.82, 2.24) is 4.98 Å². The van der Waals surface area contributed by atoms with E-state index in [-0.39, 0.29) is 5.75 Å². The van der Waals surface area contributed by atoms with Crippen LogP contribution in [0.4, 0.5) is 0 Å². The molecule has 20 heavy (non-hydrogen) atoms. The molecule has 3 rings (SSSR count). The first-order chi connectivity index (χ1) is 9.68. The second-order valence-corrected chi connectivity index (χ2v) is 4.02. The Hall–Kier alpha value is -2.88. The summed E-state index contributed by atoms with van der Waals surface area (Å²) in [5.41, 5.74) is 0.993. The standard InChI is InChI=1S/C9H7NO.C7H6O2/c11-8-5-1-3-7-4-2-6-10-9(7)8;8-7(9)6-4-2-1-3-5-6/h1-6,11H;1-5H,(H,8,9). The van der Waals surface area contributed by atoms with Gasteiger partial charge in [0, 0.05) is 11.6 Å². The summed E-state index contributed by atoms with van der Waals surface area (Å²) < 4.78 is 0. The van der Waals surface area contributed by atoms with E-state index in [2.05, 4.69) is 4.98 Å². The van der Waals surface area contributed by atoms with E-state index in [1.165, 1.54) is 0 Å². The third-order valence-electron chi connectivity index (χ3n) is 2.63. The largest absolute Gasteiger partial charge is 0.506 e. The summed E-state index contributed by atoms with van der Waals surface area (Å²) in [5.74, 6) is -0.640. The molecule has 0 saturated carbocycles. The van der Waals surface area contributed by atoms with E-state index in [4.69, 9.17) is 5.11 Å². The van der Waals surface area contributed by atoms with Gasteiger partial charge in [-0.15, -0.1) is 0 Å². The first-order valence-electron chi connectivity index (χ1n) is 5.99. The number of rotatable bonds is 1. The molecule has 0 bridgehead atoms. The van der Waals surface area contributed by atoms with Crippen LogP contribution in [0.3, 0.4) is 0 Å². The number of hydrogen-bond acceptors (Lipinski definition) is 3. The molecule has 0 saturated heterocycles. The van der Waals surface area contributed by atoms with Gasteiger partial charge in [0.15, 0.2) is 0 Å². The molecule has 2 aromatic carbocycles. The third kappa shape index (κ3) is 3.32. The number of carboxylic acids is 1. The second-order valence-electron chi connectivity index (χ2n) is 4.02. The molecule has 0 atom stereocenters. The van der Waals surface area contributed by atoms with Crippen molar-refractivity contribution in [1.29, 1.82) is 0 Å². The number of carboxylic acid groups (broad SMARTS) is 1. The molecule has 0 fully saturated rings. The van der Waals surface area contributed by atoms with E-state index < -0.39 is 5.97 Å². The fourth-order valence-electron chi connectivity index (χ4n) is 1.67. The van der Waals surface area contributed by atoms with Crippen LogP contribution < -0.4 is 0 Å². The molecule has 0 spiro atoms. The molecule has 3 aromatic rings. The summed E-state index contributed by atoms with van der Waals surface area (Å²) in [6, 6.07) is 17.4. The molecule has 0 aliphatic rings. The van der Waals surface area contributed by atoms with Gasteiger partial charge >= 0.3 is 5.97 Å². The lowest BCUT2D eigenvalue weighted by atomic mass is 10.2. The highest BCUT2D eigenvalue weighted by Crippen LogP contribution is 2.20. The van der Waals surface area contributed by atoms with E-state index in [0.29, 0.717) is 11.1 Å². The lowest BCUT2D eigenvalue weighted by Gasteiger charge is -1.96. The highest BCUT2D eigenvalue weighted by molar-refractivity contribution is 5.87. The second kappa shape index (κ2) is 6.33. The number of aromatic hydroxyl groups is 1. The minimum Gasteiger partial charge on any atom is -0.506 e. The average Bonchev–Trinajstić information content (AvgIpc) is 2.49. The summed E-state index contributed by atoms with van der Waals surface area (Å²) in [7, 11) is 0. The van der Waals surface area contributed by atoms with E-state index in [1.807, 2.05) is 18.2 Å². The molecule has 0 radical (unpaired) electrons. The Kier molecular flexibility index (Phi) is 4.29. The quantitative estimate of drug-likeness (QED) is 0.709. The monoisotopic (exact) mass is 267 g/mol. The molecular weight excluding hydrogens is 254 g/mol. The smallest absolute Gasteiger partial charge is 0.335 e. The predicted molar refractivity (Wildman–Crippen MR) is 76.8 cm³/mol. The number of phenols is 1. The maximum Gasteiger partial charge on any atom is 0.335 e. The van der Waals surface area contributed by atoms with Crippen molar-refractivity contribution in [3.05, 3.63) is 72.4 Å².